The van der Waals surface area contributed by atoms with Gasteiger partial charge in [0.05, 0.1) is 0 Å². The van der Waals surface area contributed by atoms with Crippen LogP contribution in [0.1, 0.15) is 30.2 Å². The first-order chi connectivity index (χ1) is 5.27. The third-order valence-corrected chi connectivity index (χ3v) is 1.78. The summed E-state index contributed by atoms with van der Waals surface area (Å²) in [5.74, 6) is 1.38. The second-order valence-electron chi connectivity index (χ2n) is 2.80. The molecule has 0 aromatic carbocycles. The second-order valence-corrected chi connectivity index (χ2v) is 2.80. The molecule has 0 amide bonds. The number of amidine groups is 1. The van der Waals surface area contributed by atoms with E-state index >= 15 is 0 Å². The summed E-state index contributed by atoms with van der Waals surface area (Å²) in [6, 6.07) is 1.75. The molecule has 11 heavy (non-hydrogen) atoms. The first-order valence-corrected chi connectivity index (χ1v) is 3.58. The number of nitrogens with two attached hydrogens (primary N) is 1. The highest BCUT2D eigenvalue weighted by molar-refractivity contribution is 5.92. The van der Waals surface area contributed by atoms with Gasteiger partial charge in [0, 0.05) is 12.0 Å². The molecule has 0 atom stereocenters. The fourth-order valence-corrected chi connectivity index (χ4v) is 0.976. The van der Waals surface area contributed by atoms with Crippen LogP contribution in [0.2, 0.25) is 0 Å². The third-order valence-electron chi connectivity index (χ3n) is 1.78. The predicted octanol–water partition coefficient (Wildman–Crippen LogP) is 0.836. The zero-order chi connectivity index (χ0) is 7.84. The van der Waals surface area contributed by atoms with Gasteiger partial charge in [0.1, 0.15) is 17.3 Å². The summed E-state index contributed by atoms with van der Waals surface area (Å²) in [5, 5.41) is 10.7. The molecule has 1 heterocycles. The molecule has 0 unspecified atom stereocenters. The van der Waals surface area contributed by atoms with Crippen LogP contribution in [0.25, 0.3) is 0 Å². The zero-order valence-electron chi connectivity index (χ0n) is 6.00. The van der Waals surface area contributed by atoms with E-state index in [9.17, 15) is 0 Å². The van der Waals surface area contributed by atoms with Crippen molar-refractivity contribution in [3.05, 3.63) is 17.5 Å². The lowest BCUT2D eigenvalue weighted by Crippen LogP contribution is -2.10. The maximum atomic E-state index is 7.07. The molecule has 1 fully saturated rings. The summed E-state index contributed by atoms with van der Waals surface area (Å²) >= 11 is 0. The Morgan fingerprint density at radius 2 is 2.45 bits per heavy atom. The van der Waals surface area contributed by atoms with Crippen molar-refractivity contribution in [2.45, 2.75) is 18.8 Å². The van der Waals surface area contributed by atoms with Gasteiger partial charge in [0.15, 0.2) is 0 Å². The largest absolute Gasteiger partial charge is 0.382 e. The molecule has 4 heteroatoms. The van der Waals surface area contributed by atoms with E-state index in [1.807, 2.05) is 0 Å². The minimum atomic E-state index is -0.0272. The third kappa shape index (κ3) is 1.11. The highest BCUT2D eigenvalue weighted by atomic mass is 16.5. The van der Waals surface area contributed by atoms with Crippen LogP contribution in [0.5, 0.6) is 0 Å². The number of nitrogen functional groups attached to an aromatic ring is 1. The molecule has 1 saturated carbocycles. The maximum absolute atomic E-state index is 7.07. The molecule has 4 nitrogen and oxygen atoms in total. The molecule has 0 radical (unpaired) electrons. The molecule has 58 valence electrons. The van der Waals surface area contributed by atoms with E-state index in [0.717, 1.165) is 5.76 Å². The van der Waals surface area contributed by atoms with Crippen LogP contribution >= 0.6 is 0 Å². The highest BCUT2D eigenvalue weighted by Gasteiger charge is 2.28. The van der Waals surface area contributed by atoms with E-state index in [1.165, 1.54) is 12.8 Å². The van der Waals surface area contributed by atoms with Gasteiger partial charge >= 0.3 is 0 Å². The molecule has 1 aliphatic carbocycles. The standard InChI is InChI=1S/C7H9N3O/c8-7(9)5-3-6(11-10-5)4-1-2-4/h3-4H,1-2H2,(H3,8,9). The van der Waals surface area contributed by atoms with E-state index in [-0.39, 0.29) is 5.84 Å². The average molecular weight is 151 g/mol. The molecular weight excluding hydrogens is 142 g/mol. The summed E-state index contributed by atoms with van der Waals surface area (Å²) < 4.78 is 4.98. The first kappa shape index (κ1) is 6.39. The summed E-state index contributed by atoms with van der Waals surface area (Å²) in [7, 11) is 0. The monoisotopic (exact) mass is 151 g/mol. The van der Waals surface area contributed by atoms with Crippen molar-refractivity contribution in [2.75, 3.05) is 0 Å². The Morgan fingerprint density at radius 1 is 1.73 bits per heavy atom. The van der Waals surface area contributed by atoms with Gasteiger partial charge in [0.2, 0.25) is 0 Å². The van der Waals surface area contributed by atoms with Crippen LogP contribution in [-0.4, -0.2) is 11.0 Å². The molecule has 0 spiro atoms. The van der Waals surface area contributed by atoms with Crippen LogP contribution in [-0.2, 0) is 0 Å². The first-order valence-electron chi connectivity index (χ1n) is 3.58. The Kier molecular flexibility index (Phi) is 1.21. The summed E-state index contributed by atoms with van der Waals surface area (Å²) in [4.78, 5) is 0. The van der Waals surface area contributed by atoms with Crippen LogP contribution in [0, 0.1) is 5.41 Å². The Balaban J connectivity index is 2.25. The lowest BCUT2D eigenvalue weighted by Gasteiger charge is -1.83. The zero-order valence-corrected chi connectivity index (χ0v) is 6.00. The summed E-state index contributed by atoms with van der Waals surface area (Å²) in [5.41, 5.74) is 5.66. The Bertz CT molecular complexity index is 288. The number of hydrogen-bond acceptors (Lipinski definition) is 3. The molecule has 1 aliphatic rings. The van der Waals surface area contributed by atoms with E-state index in [1.54, 1.807) is 6.07 Å². The average Bonchev–Trinajstić information content (AvgIpc) is 2.68. The van der Waals surface area contributed by atoms with Crippen molar-refractivity contribution in [3.8, 4) is 0 Å². The molecule has 2 rings (SSSR count). The molecule has 1 aromatic rings. The minimum absolute atomic E-state index is 0.0272. The van der Waals surface area contributed by atoms with Crippen molar-refractivity contribution in [2.24, 2.45) is 5.73 Å². The van der Waals surface area contributed by atoms with Gasteiger partial charge in [-0.05, 0) is 12.8 Å². The topological polar surface area (TPSA) is 75.9 Å². The number of aromatic nitrogens is 1. The van der Waals surface area contributed by atoms with Gasteiger partial charge in [-0.3, -0.25) is 5.41 Å². The Hall–Kier alpha value is -1.32. The highest BCUT2D eigenvalue weighted by Crippen LogP contribution is 2.40. The molecular formula is C7H9N3O. The minimum Gasteiger partial charge on any atom is -0.382 e. The summed E-state index contributed by atoms with van der Waals surface area (Å²) in [6.07, 6.45) is 2.35. The lowest BCUT2D eigenvalue weighted by molar-refractivity contribution is 0.383. The number of nitrogens with zero attached hydrogens (tertiary/aromatic N) is 1. The van der Waals surface area contributed by atoms with E-state index in [0.29, 0.717) is 11.6 Å². The van der Waals surface area contributed by atoms with Gasteiger partial charge < -0.3 is 10.3 Å². The smallest absolute Gasteiger partial charge is 0.148 e. The van der Waals surface area contributed by atoms with Crippen LogP contribution in [0.3, 0.4) is 0 Å². The SMILES string of the molecule is N=C(N)c1cc(C2CC2)on1. The van der Waals surface area contributed by atoms with Crippen molar-refractivity contribution < 1.29 is 4.52 Å². The molecule has 3 N–H and O–H groups in total. The molecule has 1 aromatic heterocycles. The fraction of sp³-hybridized carbons (Fsp3) is 0.429. The maximum Gasteiger partial charge on any atom is 0.148 e. The van der Waals surface area contributed by atoms with Crippen molar-refractivity contribution >= 4 is 5.84 Å². The number of nitrogens with one attached hydrogen (secondary N) is 1. The van der Waals surface area contributed by atoms with E-state index < -0.39 is 0 Å². The van der Waals surface area contributed by atoms with Crippen LogP contribution in [0.4, 0.5) is 0 Å². The quantitative estimate of drug-likeness (QED) is 0.485. The van der Waals surface area contributed by atoms with E-state index in [2.05, 4.69) is 5.16 Å². The van der Waals surface area contributed by atoms with Gasteiger partial charge in [-0.25, -0.2) is 0 Å². The van der Waals surface area contributed by atoms with Gasteiger partial charge in [-0.1, -0.05) is 5.16 Å². The summed E-state index contributed by atoms with van der Waals surface area (Å²) in [6.45, 7) is 0. The second kappa shape index (κ2) is 2.08. The van der Waals surface area contributed by atoms with Crippen LogP contribution < -0.4 is 5.73 Å². The van der Waals surface area contributed by atoms with Gasteiger partial charge in [-0.2, -0.15) is 0 Å². The lowest BCUT2D eigenvalue weighted by atomic mass is 10.3. The fourth-order valence-electron chi connectivity index (χ4n) is 0.976. The normalized spacial score (nSPS) is 16.7. The Morgan fingerprint density at radius 3 is 2.91 bits per heavy atom. The van der Waals surface area contributed by atoms with Crippen LogP contribution in [0.15, 0.2) is 10.6 Å². The van der Waals surface area contributed by atoms with Crippen molar-refractivity contribution in [3.63, 3.8) is 0 Å². The predicted molar refractivity (Wildman–Crippen MR) is 39.5 cm³/mol. The molecule has 0 aliphatic heterocycles. The van der Waals surface area contributed by atoms with Gasteiger partial charge in [0.25, 0.3) is 0 Å². The molecule has 0 bridgehead atoms. The van der Waals surface area contributed by atoms with Crippen molar-refractivity contribution in [1.29, 1.82) is 5.41 Å². The Labute approximate surface area is 63.9 Å². The van der Waals surface area contributed by atoms with Gasteiger partial charge in [-0.15, -0.1) is 0 Å². The molecule has 0 saturated heterocycles. The van der Waals surface area contributed by atoms with E-state index in [4.69, 9.17) is 15.7 Å². The number of hydrogen-bond donors (Lipinski definition) is 2. The number of rotatable bonds is 2. The van der Waals surface area contributed by atoms with Crippen molar-refractivity contribution in [1.82, 2.24) is 5.16 Å².